The molecule has 3 nitrogen and oxygen atoms in total. The van der Waals surface area contributed by atoms with E-state index in [1.165, 1.54) is 19.3 Å². The van der Waals surface area contributed by atoms with Gasteiger partial charge in [0.1, 0.15) is 11.6 Å². The van der Waals surface area contributed by atoms with Gasteiger partial charge in [-0.2, -0.15) is 0 Å². The molecule has 0 spiro atoms. The van der Waals surface area contributed by atoms with Crippen LogP contribution in [0, 0.1) is 0 Å². The number of nitrogens with one attached hydrogen (secondary N) is 2. The minimum Gasteiger partial charge on any atom is -0.370 e. The Balaban J connectivity index is 2.35. The SMILES string of the molecule is CCCCCNc1cccc(NCCC)n1. The standard InChI is InChI=1S/C13H23N3/c1-3-5-6-11-15-13-9-7-8-12(16-13)14-10-4-2/h7-9H,3-6,10-11H2,1-2H3,(H2,14,15,16). The van der Waals surface area contributed by atoms with E-state index in [2.05, 4.69) is 29.5 Å². The fourth-order valence-corrected chi connectivity index (χ4v) is 1.48. The molecule has 0 atom stereocenters. The first-order valence-electron chi connectivity index (χ1n) is 6.31. The summed E-state index contributed by atoms with van der Waals surface area (Å²) in [5.74, 6) is 1.93. The molecule has 1 aromatic rings. The molecule has 0 aliphatic rings. The fourth-order valence-electron chi connectivity index (χ4n) is 1.48. The molecule has 0 unspecified atom stereocenters. The van der Waals surface area contributed by atoms with E-state index in [-0.39, 0.29) is 0 Å². The van der Waals surface area contributed by atoms with Gasteiger partial charge in [0, 0.05) is 13.1 Å². The molecule has 0 radical (unpaired) electrons. The Kier molecular flexibility index (Phi) is 6.38. The van der Waals surface area contributed by atoms with Crippen LogP contribution in [-0.2, 0) is 0 Å². The lowest BCUT2D eigenvalue weighted by Crippen LogP contribution is -2.06. The first kappa shape index (κ1) is 12.8. The highest BCUT2D eigenvalue weighted by atomic mass is 15.1. The molecule has 0 saturated heterocycles. The Morgan fingerprint density at radius 1 is 0.938 bits per heavy atom. The highest BCUT2D eigenvalue weighted by Gasteiger charge is 1.95. The molecule has 0 fully saturated rings. The lowest BCUT2D eigenvalue weighted by molar-refractivity contribution is 0.742. The Bertz CT molecular complexity index is 286. The maximum Gasteiger partial charge on any atom is 0.128 e. The summed E-state index contributed by atoms with van der Waals surface area (Å²) in [5.41, 5.74) is 0. The average Bonchev–Trinajstić information content (AvgIpc) is 2.33. The number of hydrogen-bond acceptors (Lipinski definition) is 3. The van der Waals surface area contributed by atoms with Gasteiger partial charge in [0.25, 0.3) is 0 Å². The number of anilines is 2. The van der Waals surface area contributed by atoms with Crippen LogP contribution in [0.1, 0.15) is 39.5 Å². The number of rotatable bonds is 8. The highest BCUT2D eigenvalue weighted by Crippen LogP contribution is 2.09. The molecule has 1 heterocycles. The summed E-state index contributed by atoms with van der Waals surface area (Å²) in [4.78, 5) is 4.49. The number of hydrogen-bond donors (Lipinski definition) is 2. The second-order valence-corrected chi connectivity index (χ2v) is 3.97. The Morgan fingerprint density at radius 3 is 2.25 bits per heavy atom. The summed E-state index contributed by atoms with van der Waals surface area (Å²) in [7, 11) is 0. The second kappa shape index (κ2) is 7.97. The van der Waals surface area contributed by atoms with Crippen LogP contribution in [-0.4, -0.2) is 18.1 Å². The van der Waals surface area contributed by atoms with Crippen LogP contribution in [0.25, 0.3) is 0 Å². The molecule has 2 N–H and O–H groups in total. The summed E-state index contributed by atoms with van der Waals surface area (Å²) in [6, 6.07) is 6.06. The van der Waals surface area contributed by atoms with E-state index in [0.29, 0.717) is 0 Å². The van der Waals surface area contributed by atoms with Crippen LogP contribution in [0.4, 0.5) is 11.6 Å². The van der Waals surface area contributed by atoms with Crippen molar-refractivity contribution < 1.29 is 0 Å². The maximum absolute atomic E-state index is 4.49. The number of pyridine rings is 1. The first-order valence-corrected chi connectivity index (χ1v) is 6.31. The molecule has 0 bridgehead atoms. The molecular formula is C13H23N3. The monoisotopic (exact) mass is 221 g/mol. The average molecular weight is 221 g/mol. The fraction of sp³-hybridized carbons (Fsp3) is 0.615. The van der Waals surface area contributed by atoms with Gasteiger partial charge in [0.05, 0.1) is 0 Å². The molecular weight excluding hydrogens is 198 g/mol. The Hall–Kier alpha value is -1.25. The van der Waals surface area contributed by atoms with Crippen LogP contribution in [0.3, 0.4) is 0 Å². The van der Waals surface area contributed by atoms with Gasteiger partial charge in [0.2, 0.25) is 0 Å². The van der Waals surface area contributed by atoms with E-state index in [1.54, 1.807) is 0 Å². The van der Waals surface area contributed by atoms with Crippen LogP contribution in [0.5, 0.6) is 0 Å². The van der Waals surface area contributed by atoms with Crippen molar-refractivity contribution in [1.29, 1.82) is 0 Å². The van der Waals surface area contributed by atoms with E-state index in [1.807, 2.05) is 18.2 Å². The van der Waals surface area contributed by atoms with Crippen molar-refractivity contribution in [2.45, 2.75) is 39.5 Å². The minimum atomic E-state index is 0.961. The van der Waals surface area contributed by atoms with Crippen LogP contribution in [0.15, 0.2) is 18.2 Å². The molecule has 90 valence electrons. The highest BCUT2D eigenvalue weighted by molar-refractivity contribution is 5.44. The summed E-state index contributed by atoms with van der Waals surface area (Å²) >= 11 is 0. The zero-order valence-corrected chi connectivity index (χ0v) is 10.4. The van der Waals surface area contributed by atoms with Crippen molar-refractivity contribution in [3.05, 3.63) is 18.2 Å². The third-order valence-electron chi connectivity index (χ3n) is 2.39. The number of unbranched alkanes of at least 4 members (excludes halogenated alkanes) is 2. The van der Waals surface area contributed by atoms with Gasteiger partial charge in [-0.15, -0.1) is 0 Å². The zero-order valence-electron chi connectivity index (χ0n) is 10.4. The Morgan fingerprint density at radius 2 is 1.62 bits per heavy atom. The zero-order chi connectivity index (χ0) is 11.6. The normalized spacial score (nSPS) is 10.1. The van der Waals surface area contributed by atoms with Crippen molar-refractivity contribution in [2.24, 2.45) is 0 Å². The van der Waals surface area contributed by atoms with Crippen LogP contribution < -0.4 is 10.6 Å². The molecule has 1 aromatic heterocycles. The van der Waals surface area contributed by atoms with E-state index in [0.717, 1.165) is 31.1 Å². The quantitative estimate of drug-likeness (QED) is 0.660. The third kappa shape index (κ3) is 5.01. The molecule has 0 aromatic carbocycles. The topological polar surface area (TPSA) is 37.0 Å². The second-order valence-electron chi connectivity index (χ2n) is 3.97. The van der Waals surface area contributed by atoms with E-state index in [9.17, 15) is 0 Å². The molecule has 0 aliphatic heterocycles. The maximum atomic E-state index is 4.49. The first-order chi connectivity index (χ1) is 7.86. The summed E-state index contributed by atoms with van der Waals surface area (Å²) in [6.45, 7) is 6.36. The molecule has 0 saturated carbocycles. The molecule has 0 amide bonds. The van der Waals surface area contributed by atoms with Gasteiger partial charge in [-0.05, 0) is 25.0 Å². The smallest absolute Gasteiger partial charge is 0.128 e. The van der Waals surface area contributed by atoms with Gasteiger partial charge >= 0.3 is 0 Å². The van der Waals surface area contributed by atoms with Crippen LogP contribution in [0.2, 0.25) is 0 Å². The van der Waals surface area contributed by atoms with Crippen molar-refractivity contribution in [1.82, 2.24) is 4.98 Å². The molecule has 3 heteroatoms. The number of nitrogens with zero attached hydrogens (tertiary/aromatic N) is 1. The van der Waals surface area contributed by atoms with Crippen molar-refractivity contribution >= 4 is 11.6 Å². The van der Waals surface area contributed by atoms with E-state index in [4.69, 9.17) is 0 Å². The van der Waals surface area contributed by atoms with Crippen LogP contribution >= 0.6 is 0 Å². The lowest BCUT2D eigenvalue weighted by Gasteiger charge is -2.08. The third-order valence-corrected chi connectivity index (χ3v) is 2.39. The van der Waals surface area contributed by atoms with Crippen molar-refractivity contribution in [3.63, 3.8) is 0 Å². The lowest BCUT2D eigenvalue weighted by atomic mass is 10.2. The van der Waals surface area contributed by atoms with Gasteiger partial charge in [-0.1, -0.05) is 32.8 Å². The summed E-state index contributed by atoms with van der Waals surface area (Å²) in [6.07, 6.45) is 4.87. The predicted molar refractivity (Wildman–Crippen MR) is 71.0 cm³/mol. The van der Waals surface area contributed by atoms with Gasteiger partial charge in [-0.25, -0.2) is 4.98 Å². The predicted octanol–water partition coefficient (Wildman–Crippen LogP) is 3.51. The molecule has 0 aliphatic carbocycles. The van der Waals surface area contributed by atoms with Crippen molar-refractivity contribution in [2.75, 3.05) is 23.7 Å². The number of aromatic nitrogens is 1. The van der Waals surface area contributed by atoms with E-state index < -0.39 is 0 Å². The van der Waals surface area contributed by atoms with Gasteiger partial charge in [0.15, 0.2) is 0 Å². The largest absolute Gasteiger partial charge is 0.370 e. The van der Waals surface area contributed by atoms with Gasteiger partial charge < -0.3 is 10.6 Å². The minimum absolute atomic E-state index is 0.961. The molecule has 16 heavy (non-hydrogen) atoms. The van der Waals surface area contributed by atoms with Gasteiger partial charge in [-0.3, -0.25) is 0 Å². The summed E-state index contributed by atoms with van der Waals surface area (Å²) < 4.78 is 0. The summed E-state index contributed by atoms with van der Waals surface area (Å²) in [5, 5.41) is 6.63. The van der Waals surface area contributed by atoms with Crippen molar-refractivity contribution in [3.8, 4) is 0 Å². The Labute approximate surface area is 98.7 Å². The van der Waals surface area contributed by atoms with E-state index >= 15 is 0 Å². The molecule has 1 rings (SSSR count).